The normalized spacial score (nSPS) is 10.4. The maximum absolute atomic E-state index is 11.9. The number of nitrogens with zero attached hydrogens (tertiary/aromatic N) is 1. The first kappa shape index (κ1) is 13.1. The first-order chi connectivity index (χ1) is 9.22. The lowest BCUT2D eigenvalue weighted by Gasteiger charge is -2.05. The maximum Gasteiger partial charge on any atom is 0.251 e. The Labute approximate surface area is 111 Å². The summed E-state index contributed by atoms with van der Waals surface area (Å²) in [5.74, 6) is -0.0862. The number of hydrogen-bond donors (Lipinski definition) is 2. The lowest BCUT2D eigenvalue weighted by Crippen LogP contribution is -2.27. The van der Waals surface area contributed by atoms with Crippen LogP contribution in [0.2, 0.25) is 0 Å². The summed E-state index contributed by atoms with van der Waals surface area (Å²) >= 11 is 0. The molecule has 5 heteroatoms. The van der Waals surface area contributed by atoms with Gasteiger partial charge in [0.05, 0.1) is 0 Å². The van der Waals surface area contributed by atoms with E-state index < -0.39 is 0 Å². The molecule has 2 rings (SSSR count). The lowest BCUT2D eigenvalue weighted by atomic mass is 10.1. The third kappa shape index (κ3) is 3.13. The Hall–Kier alpha value is -2.30. The zero-order valence-electron chi connectivity index (χ0n) is 10.8. The highest BCUT2D eigenvalue weighted by molar-refractivity contribution is 5.98. The summed E-state index contributed by atoms with van der Waals surface area (Å²) in [5.41, 5.74) is 1.76. The summed E-state index contributed by atoms with van der Waals surface area (Å²) in [6.45, 7) is 1.12. The van der Waals surface area contributed by atoms with E-state index in [9.17, 15) is 9.59 Å². The molecule has 2 N–H and O–H groups in total. The molecule has 2 aromatic rings. The predicted molar refractivity (Wildman–Crippen MR) is 73.9 cm³/mol. The Balaban J connectivity index is 1.95. The average molecular weight is 259 g/mol. The van der Waals surface area contributed by atoms with Gasteiger partial charge in [-0.05, 0) is 30.7 Å². The quantitative estimate of drug-likeness (QED) is 0.601. The van der Waals surface area contributed by atoms with Gasteiger partial charge in [-0.3, -0.25) is 9.59 Å². The summed E-state index contributed by atoms with van der Waals surface area (Å²) < 4.78 is 2.02. The van der Waals surface area contributed by atoms with E-state index in [-0.39, 0.29) is 5.91 Å². The van der Waals surface area contributed by atoms with Gasteiger partial charge in [0.1, 0.15) is 0 Å². The van der Waals surface area contributed by atoms with E-state index in [0.29, 0.717) is 25.1 Å². The summed E-state index contributed by atoms with van der Waals surface area (Å²) in [7, 11) is 1.97. The van der Waals surface area contributed by atoms with Gasteiger partial charge in [0.15, 0.2) is 0 Å². The molecule has 1 heterocycles. The van der Waals surface area contributed by atoms with Crippen LogP contribution < -0.4 is 10.6 Å². The van der Waals surface area contributed by atoms with E-state index in [1.54, 1.807) is 0 Å². The van der Waals surface area contributed by atoms with E-state index in [1.807, 2.05) is 42.1 Å². The highest BCUT2D eigenvalue weighted by Crippen LogP contribution is 2.16. The van der Waals surface area contributed by atoms with Gasteiger partial charge in [0.25, 0.3) is 5.91 Å². The Morgan fingerprint density at radius 1 is 1.32 bits per heavy atom. The fourth-order valence-corrected chi connectivity index (χ4v) is 1.98. The second-order valence-electron chi connectivity index (χ2n) is 4.38. The van der Waals surface area contributed by atoms with Crippen LogP contribution in [0.5, 0.6) is 0 Å². The van der Waals surface area contributed by atoms with Crippen molar-refractivity contribution in [2.75, 3.05) is 13.1 Å². The molecule has 5 nitrogen and oxygen atoms in total. The second kappa shape index (κ2) is 6.04. The first-order valence-electron chi connectivity index (χ1n) is 6.22. The molecular weight excluding hydrogens is 242 g/mol. The van der Waals surface area contributed by atoms with Gasteiger partial charge in [-0.2, -0.15) is 0 Å². The number of aryl methyl sites for hydroxylation is 1. The van der Waals surface area contributed by atoms with Crippen molar-refractivity contribution in [3.8, 4) is 0 Å². The molecule has 0 saturated carbocycles. The van der Waals surface area contributed by atoms with E-state index in [1.165, 1.54) is 0 Å². The minimum absolute atomic E-state index is 0.0862. The van der Waals surface area contributed by atoms with Crippen molar-refractivity contribution in [3.63, 3.8) is 0 Å². The highest BCUT2D eigenvalue weighted by Gasteiger charge is 2.06. The summed E-state index contributed by atoms with van der Waals surface area (Å²) in [6.07, 6.45) is 3.35. The Bertz CT molecular complexity index is 589. The molecule has 0 atom stereocenters. The summed E-state index contributed by atoms with van der Waals surface area (Å²) in [4.78, 5) is 22.0. The smallest absolute Gasteiger partial charge is 0.251 e. The van der Waals surface area contributed by atoms with Crippen molar-refractivity contribution in [2.45, 2.75) is 6.42 Å². The SMILES string of the molecule is Cn1ccc2cc(C(=O)NCCCNC=O)ccc21. The monoisotopic (exact) mass is 259 g/mol. The Morgan fingerprint density at radius 2 is 2.16 bits per heavy atom. The topological polar surface area (TPSA) is 63.1 Å². The minimum Gasteiger partial charge on any atom is -0.359 e. The predicted octanol–water partition coefficient (Wildman–Crippen LogP) is 1.04. The van der Waals surface area contributed by atoms with Crippen LogP contribution in [0.1, 0.15) is 16.8 Å². The van der Waals surface area contributed by atoms with Crippen LogP contribution >= 0.6 is 0 Å². The molecule has 1 aromatic heterocycles. The van der Waals surface area contributed by atoms with Crippen molar-refractivity contribution in [1.29, 1.82) is 0 Å². The van der Waals surface area contributed by atoms with Crippen LogP contribution in [0.25, 0.3) is 10.9 Å². The molecule has 0 spiro atoms. The van der Waals surface area contributed by atoms with Gasteiger partial charge in [-0.25, -0.2) is 0 Å². The standard InChI is InChI=1S/C14H17N3O2/c1-17-8-5-11-9-12(3-4-13(11)17)14(19)16-7-2-6-15-10-18/h3-5,8-10H,2,6-7H2,1H3,(H,15,18)(H,16,19). The zero-order valence-corrected chi connectivity index (χ0v) is 10.8. The molecule has 1 aromatic carbocycles. The second-order valence-corrected chi connectivity index (χ2v) is 4.38. The van der Waals surface area contributed by atoms with Crippen molar-refractivity contribution in [3.05, 3.63) is 36.0 Å². The molecule has 0 fully saturated rings. The van der Waals surface area contributed by atoms with Crippen molar-refractivity contribution < 1.29 is 9.59 Å². The first-order valence-corrected chi connectivity index (χ1v) is 6.22. The van der Waals surface area contributed by atoms with Gasteiger partial charge in [0, 0.05) is 42.8 Å². The Morgan fingerprint density at radius 3 is 2.95 bits per heavy atom. The minimum atomic E-state index is -0.0862. The molecule has 0 radical (unpaired) electrons. The zero-order chi connectivity index (χ0) is 13.7. The molecule has 0 saturated heterocycles. The van der Waals surface area contributed by atoms with Crippen LogP contribution in [0, 0.1) is 0 Å². The average Bonchev–Trinajstić information content (AvgIpc) is 2.79. The molecule has 2 amide bonds. The molecule has 0 aliphatic heterocycles. The van der Waals surface area contributed by atoms with E-state index in [4.69, 9.17) is 0 Å². The lowest BCUT2D eigenvalue weighted by molar-refractivity contribution is -0.109. The molecule has 19 heavy (non-hydrogen) atoms. The molecule has 100 valence electrons. The number of aromatic nitrogens is 1. The van der Waals surface area contributed by atoms with Crippen LogP contribution in [0.3, 0.4) is 0 Å². The molecule has 0 aliphatic carbocycles. The number of hydrogen-bond acceptors (Lipinski definition) is 2. The van der Waals surface area contributed by atoms with Crippen molar-refractivity contribution in [2.24, 2.45) is 7.05 Å². The third-order valence-corrected chi connectivity index (χ3v) is 3.01. The third-order valence-electron chi connectivity index (χ3n) is 3.01. The van der Waals surface area contributed by atoms with E-state index >= 15 is 0 Å². The van der Waals surface area contributed by atoms with Gasteiger partial charge in [-0.1, -0.05) is 0 Å². The number of nitrogens with one attached hydrogen (secondary N) is 2. The number of benzene rings is 1. The van der Waals surface area contributed by atoms with Crippen molar-refractivity contribution >= 4 is 23.2 Å². The van der Waals surface area contributed by atoms with Crippen molar-refractivity contribution in [1.82, 2.24) is 15.2 Å². The fourth-order valence-electron chi connectivity index (χ4n) is 1.98. The van der Waals surface area contributed by atoms with Crippen LogP contribution in [-0.2, 0) is 11.8 Å². The summed E-state index contributed by atoms with van der Waals surface area (Å²) in [5, 5.41) is 6.44. The van der Waals surface area contributed by atoms with Gasteiger partial charge < -0.3 is 15.2 Å². The van der Waals surface area contributed by atoms with Crippen LogP contribution in [-0.4, -0.2) is 30.0 Å². The Kier molecular flexibility index (Phi) is 4.18. The molecular formula is C14H17N3O2. The van der Waals surface area contributed by atoms with Gasteiger partial charge >= 0.3 is 0 Å². The highest BCUT2D eigenvalue weighted by atomic mass is 16.1. The van der Waals surface area contributed by atoms with Crippen LogP contribution in [0.4, 0.5) is 0 Å². The largest absolute Gasteiger partial charge is 0.359 e. The molecule has 0 unspecified atom stereocenters. The maximum atomic E-state index is 11.9. The number of carbonyl (C=O) groups is 2. The van der Waals surface area contributed by atoms with E-state index in [0.717, 1.165) is 17.3 Å². The van der Waals surface area contributed by atoms with Gasteiger partial charge in [-0.15, -0.1) is 0 Å². The van der Waals surface area contributed by atoms with Crippen LogP contribution in [0.15, 0.2) is 30.5 Å². The number of fused-ring (bicyclic) bond motifs is 1. The number of carbonyl (C=O) groups excluding carboxylic acids is 2. The molecule has 0 aliphatic rings. The summed E-state index contributed by atoms with van der Waals surface area (Å²) in [6, 6.07) is 7.63. The fraction of sp³-hybridized carbons (Fsp3) is 0.286. The van der Waals surface area contributed by atoms with Gasteiger partial charge in [0.2, 0.25) is 6.41 Å². The van der Waals surface area contributed by atoms with E-state index in [2.05, 4.69) is 10.6 Å². The number of amides is 2. The molecule has 0 bridgehead atoms. The number of rotatable bonds is 6.